The molecule has 1 aliphatic heterocycles. The van der Waals surface area contributed by atoms with Crippen molar-refractivity contribution in [2.24, 2.45) is 0 Å². The van der Waals surface area contributed by atoms with Crippen LogP contribution in [0.5, 0.6) is 0 Å². The maximum Gasteiger partial charge on any atom is 0.425 e. The van der Waals surface area contributed by atoms with Crippen molar-refractivity contribution in [3.8, 4) is 0 Å². The summed E-state index contributed by atoms with van der Waals surface area (Å²) in [6, 6.07) is 6.52. The van der Waals surface area contributed by atoms with Gasteiger partial charge in [0.05, 0.1) is 0 Å². The molecule has 0 aromatic heterocycles. The highest BCUT2D eigenvalue weighted by atomic mass is 19.4. The van der Waals surface area contributed by atoms with Crippen molar-refractivity contribution in [2.45, 2.75) is 17.9 Å². The molecule has 0 aliphatic carbocycles. The molecule has 0 radical (unpaired) electrons. The summed E-state index contributed by atoms with van der Waals surface area (Å²) in [5, 5.41) is 9.98. The number of hydrogen-bond donors (Lipinski definition) is 1. The molecular weight excluding hydrogens is 249 g/mol. The highest BCUT2D eigenvalue weighted by Crippen LogP contribution is 2.44. The van der Waals surface area contributed by atoms with Crippen molar-refractivity contribution in [2.75, 3.05) is 0 Å². The molecule has 6 heteroatoms. The fourth-order valence-electron chi connectivity index (χ4n) is 1.78. The lowest BCUT2D eigenvalue weighted by atomic mass is 9.87. The first-order chi connectivity index (χ1) is 8.35. The fourth-order valence-corrected chi connectivity index (χ4v) is 1.78. The molecule has 0 spiro atoms. The van der Waals surface area contributed by atoms with Gasteiger partial charge in [0.2, 0.25) is 5.60 Å². The standard InChI is InChI=1S/C12H9F3O3/c13-12(14,15)11(17,8-4-2-1-3-5-8)9-6-7-10(16)18-9/h1-7,9,17H/t9-,11-/m1/s1. The second-order valence-corrected chi connectivity index (χ2v) is 3.85. The molecule has 1 aromatic rings. The Hall–Kier alpha value is -1.82. The van der Waals surface area contributed by atoms with Crippen molar-refractivity contribution in [3.05, 3.63) is 48.0 Å². The molecule has 1 aromatic carbocycles. The van der Waals surface area contributed by atoms with Gasteiger partial charge in [-0.05, 0) is 11.6 Å². The number of halogens is 3. The number of cyclic esters (lactones) is 1. The van der Waals surface area contributed by atoms with E-state index >= 15 is 0 Å². The van der Waals surface area contributed by atoms with Gasteiger partial charge in [0, 0.05) is 6.08 Å². The van der Waals surface area contributed by atoms with E-state index in [1.807, 2.05) is 0 Å². The van der Waals surface area contributed by atoms with E-state index in [0.717, 1.165) is 24.3 Å². The third kappa shape index (κ3) is 1.88. The summed E-state index contributed by atoms with van der Waals surface area (Å²) in [6.07, 6.45) is -4.96. The molecule has 0 saturated heterocycles. The van der Waals surface area contributed by atoms with Crippen LogP contribution in [0.3, 0.4) is 0 Å². The summed E-state index contributed by atoms with van der Waals surface area (Å²) in [6.45, 7) is 0. The molecule has 2 atom stereocenters. The van der Waals surface area contributed by atoms with Crippen LogP contribution in [0.25, 0.3) is 0 Å². The highest BCUT2D eigenvalue weighted by molar-refractivity contribution is 5.84. The number of alkyl halides is 3. The van der Waals surface area contributed by atoms with Gasteiger partial charge in [-0.1, -0.05) is 30.3 Å². The van der Waals surface area contributed by atoms with Gasteiger partial charge in [-0.15, -0.1) is 0 Å². The third-order valence-corrected chi connectivity index (χ3v) is 2.71. The van der Waals surface area contributed by atoms with Gasteiger partial charge in [0.25, 0.3) is 0 Å². The van der Waals surface area contributed by atoms with Crippen LogP contribution in [0.2, 0.25) is 0 Å². The lowest BCUT2D eigenvalue weighted by Gasteiger charge is -2.34. The number of aliphatic hydroxyl groups is 1. The molecule has 0 unspecified atom stereocenters. The van der Waals surface area contributed by atoms with Crippen LogP contribution in [0.1, 0.15) is 5.56 Å². The summed E-state index contributed by atoms with van der Waals surface area (Å²) in [4.78, 5) is 10.9. The van der Waals surface area contributed by atoms with Gasteiger partial charge in [0.1, 0.15) is 0 Å². The van der Waals surface area contributed by atoms with E-state index < -0.39 is 23.9 Å². The molecule has 0 fully saturated rings. The molecule has 0 saturated carbocycles. The van der Waals surface area contributed by atoms with Gasteiger partial charge < -0.3 is 9.84 Å². The number of ether oxygens (including phenoxy) is 1. The Morgan fingerprint density at radius 2 is 1.78 bits per heavy atom. The van der Waals surface area contributed by atoms with Crippen LogP contribution >= 0.6 is 0 Å². The van der Waals surface area contributed by atoms with Gasteiger partial charge in [-0.2, -0.15) is 13.2 Å². The molecule has 18 heavy (non-hydrogen) atoms. The number of carbonyl (C=O) groups excluding carboxylic acids is 1. The molecule has 1 heterocycles. The second kappa shape index (κ2) is 4.13. The molecule has 2 rings (SSSR count). The second-order valence-electron chi connectivity index (χ2n) is 3.85. The van der Waals surface area contributed by atoms with Gasteiger partial charge in [-0.3, -0.25) is 0 Å². The Balaban J connectivity index is 2.49. The Kier molecular flexibility index (Phi) is 2.90. The van der Waals surface area contributed by atoms with E-state index in [1.165, 1.54) is 18.2 Å². The van der Waals surface area contributed by atoms with Crippen molar-refractivity contribution in [1.82, 2.24) is 0 Å². The van der Waals surface area contributed by atoms with Crippen LogP contribution in [0.15, 0.2) is 42.5 Å². The van der Waals surface area contributed by atoms with E-state index in [0.29, 0.717) is 0 Å². The predicted molar refractivity (Wildman–Crippen MR) is 55.4 cm³/mol. The minimum Gasteiger partial charge on any atom is -0.451 e. The number of hydrogen-bond acceptors (Lipinski definition) is 3. The average molecular weight is 258 g/mol. The van der Waals surface area contributed by atoms with E-state index in [4.69, 9.17) is 0 Å². The van der Waals surface area contributed by atoms with E-state index in [2.05, 4.69) is 4.74 Å². The first-order valence-electron chi connectivity index (χ1n) is 5.09. The number of benzene rings is 1. The molecule has 1 N–H and O–H groups in total. The monoisotopic (exact) mass is 258 g/mol. The summed E-state index contributed by atoms with van der Waals surface area (Å²) in [7, 11) is 0. The normalized spacial score (nSPS) is 22.7. The number of rotatable bonds is 2. The SMILES string of the molecule is O=C1C=C[C@H]([C@](O)(c2ccccc2)C(F)(F)F)O1. The Bertz CT molecular complexity index is 481. The van der Waals surface area contributed by atoms with Gasteiger partial charge in [-0.25, -0.2) is 4.79 Å². The lowest BCUT2D eigenvalue weighted by Crippen LogP contribution is -2.51. The summed E-state index contributed by atoms with van der Waals surface area (Å²) >= 11 is 0. The molecule has 0 amide bonds. The maximum absolute atomic E-state index is 13.1. The van der Waals surface area contributed by atoms with Crippen molar-refractivity contribution in [3.63, 3.8) is 0 Å². The molecule has 3 nitrogen and oxygen atoms in total. The van der Waals surface area contributed by atoms with Crippen LogP contribution in [0.4, 0.5) is 13.2 Å². The summed E-state index contributed by atoms with van der Waals surface area (Å²) in [5.74, 6) is -0.904. The quantitative estimate of drug-likeness (QED) is 0.824. The number of esters is 1. The third-order valence-electron chi connectivity index (χ3n) is 2.71. The molecular formula is C12H9F3O3. The highest BCUT2D eigenvalue weighted by Gasteiger charge is 2.61. The fraction of sp³-hybridized carbons (Fsp3) is 0.250. The van der Waals surface area contributed by atoms with Crippen LogP contribution in [-0.2, 0) is 15.1 Å². The van der Waals surface area contributed by atoms with Crippen LogP contribution in [0, 0.1) is 0 Å². The van der Waals surface area contributed by atoms with Crippen LogP contribution in [-0.4, -0.2) is 23.4 Å². The zero-order valence-electron chi connectivity index (χ0n) is 9.02. The largest absolute Gasteiger partial charge is 0.451 e. The zero-order chi connectivity index (χ0) is 13.4. The summed E-state index contributed by atoms with van der Waals surface area (Å²) in [5.41, 5.74) is -3.61. The van der Waals surface area contributed by atoms with E-state index in [-0.39, 0.29) is 5.56 Å². The first-order valence-corrected chi connectivity index (χ1v) is 5.09. The van der Waals surface area contributed by atoms with Crippen LogP contribution < -0.4 is 0 Å². The number of carbonyl (C=O) groups is 1. The molecule has 1 aliphatic rings. The van der Waals surface area contributed by atoms with Crippen molar-refractivity contribution >= 4 is 5.97 Å². The van der Waals surface area contributed by atoms with Crippen molar-refractivity contribution < 1.29 is 27.8 Å². The Labute approximate surface area is 100 Å². The Morgan fingerprint density at radius 3 is 2.22 bits per heavy atom. The van der Waals surface area contributed by atoms with Gasteiger partial charge >= 0.3 is 12.1 Å². The first kappa shape index (κ1) is 12.6. The topological polar surface area (TPSA) is 46.5 Å². The summed E-state index contributed by atoms with van der Waals surface area (Å²) < 4.78 is 43.8. The smallest absolute Gasteiger partial charge is 0.425 e. The predicted octanol–water partition coefficient (Wildman–Crippen LogP) is 1.92. The van der Waals surface area contributed by atoms with Gasteiger partial charge in [0.15, 0.2) is 6.10 Å². The minimum absolute atomic E-state index is 0.373. The van der Waals surface area contributed by atoms with E-state index in [9.17, 15) is 23.1 Å². The minimum atomic E-state index is -4.96. The average Bonchev–Trinajstić information content (AvgIpc) is 2.75. The Morgan fingerprint density at radius 1 is 1.17 bits per heavy atom. The lowest BCUT2D eigenvalue weighted by molar-refractivity contribution is -0.290. The maximum atomic E-state index is 13.1. The zero-order valence-corrected chi connectivity index (χ0v) is 9.02. The molecule has 0 bridgehead atoms. The van der Waals surface area contributed by atoms with Crippen molar-refractivity contribution in [1.29, 1.82) is 0 Å². The molecule has 96 valence electrons. The van der Waals surface area contributed by atoms with E-state index in [1.54, 1.807) is 0 Å².